The molecule has 1 aromatic rings. The Morgan fingerprint density at radius 2 is 2.15 bits per heavy atom. The zero-order chi connectivity index (χ0) is 14.8. The van der Waals surface area contributed by atoms with Gasteiger partial charge in [0.05, 0.1) is 9.80 Å². The summed E-state index contributed by atoms with van der Waals surface area (Å²) in [7, 11) is -4.82. The molecule has 0 amide bonds. The third-order valence-corrected chi connectivity index (χ3v) is 7.02. The first-order valence-corrected chi connectivity index (χ1v) is 9.93. The predicted octanol–water partition coefficient (Wildman–Crippen LogP) is 3.55. The van der Waals surface area contributed by atoms with Crippen molar-refractivity contribution in [3.63, 3.8) is 0 Å². The molecule has 0 aliphatic carbocycles. The molecule has 1 aliphatic heterocycles. The van der Waals surface area contributed by atoms with Gasteiger partial charge in [-0.05, 0) is 29.8 Å². The molecule has 1 aliphatic rings. The fourth-order valence-corrected chi connectivity index (χ4v) is 5.20. The highest BCUT2D eigenvalue weighted by molar-refractivity contribution is 7.95. The Morgan fingerprint density at radius 1 is 1.50 bits per heavy atom. The predicted molar refractivity (Wildman–Crippen MR) is 82.3 cm³/mol. The molecule has 110 valence electrons. The molecule has 20 heavy (non-hydrogen) atoms. The van der Waals surface area contributed by atoms with E-state index in [-0.39, 0.29) is 9.80 Å². The highest BCUT2D eigenvalue weighted by atomic mass is 35.7. The zero-order valence-corrected chi connectivity index (χ0v) is 13.7. The maximum atomic E-state index is 12.5. The standard InChI is InChI=1S/C13H17ClNO3PS/c1-3-9-15-10-13(18-19(15)14)11(2)20(16,17)12-7-5-4-6-8-12/h4-8,13H,2-3,9-10H2,1H3/t13-,19?/m1/s1. The van der Waals surface area contributed by atoms with Crippen LogP contribution in [-0.2, 0) is 14.4 Å². The minimum atomic E-state index is -3.58. The van der Waals surface area contributed by atoms with Crippen LogP contribution in [0.2, 0.25) is 0 Å². The number of hydrogen-bond acceptors (Lipinski definition) is 4. The second kappa shape index (κ2) is 6.54. The summed E-state index contributed by atoms with van der Waals surface area (Å²) in [4.78, 5) is 0.317. The molecular formula is C13H17ClNO3PS. The van der Waals surface area contributed by atoms with Crippen molar-refractivity contribution >= 4 is 28.7 Å². The summed E-state index contributed by atoms with van der Waals surface area (Å²) < 4.78 is 32.5. The summed E-state index contributed by atoms with van der Waals surface area (Å²) in [6.07, 6.45) is 0.384. The largest absolute Gasteiger partial charge is 0.321 e. The third-order valence-electron chi connectivity index (χ3n) is 3.05. The number of hydrogen-bond donors (Lipinski definition) is 0. The summed E-state index contributed by atoms with van der Waals surface area (Å²) in [6.45, 7) is 7.05. The Hall–Kier alpha value is -0.450. The number of sulfone groups is 1. The Morgan fingerprint density at radius 3 is 2.75 bits per heavy atom. The van der Waals surface area contributed by atoms with Gasteiger partial charge in [-0.1, -0.05) is 31.7 Å². The van der Waals surface area contributed by atoms with Crippen LogP contribution in [0.15, 0.2) is 46.7 Å². The lowest BCUT2D eigenvalue weighted by molar-refractivity contribution is 0.305. The summed E-state index contributed by atoms with van der Waals surface area (Å²) in [5, 5.41) is 0. The zero-order valence-electron chi connectivity index (χ0n) is 11.2. The van der Waals surface area contributed by atoms with Crippen LogP contribution in [0, 0.1) is 0 Å². The van der Waals surface area contributed by atoms with Crippen molar-refractivity contribution in [2.75, 3.05) is 13.1 Å². The van der Waals surface area contributed by atoms with Crippen molar-refractivity contribution in [3.05, 3.63) is 41.8 Å². The van der Waals surface area contributed by atoms with Gasteiger partial charge >= 0.3 is 0 Å². The van der Waals surface area contributed by atoms with Gasteiger partial charge in [0, 0.05) is 13.1 Å². The lowest BCUT2D eigenvalue weighted by atomic mass is 10.3. The van der Waals surface area contributed by atoms with Gasteiger partial charge in [-0.3, -0.25) is 0 Å². The van der Waals surface area contributed by atoms with Crippen LogP contribution in [0.1, 0.15) is 13.3 Å². The van der Waals surface area contributed by atoms with Crippen molar-refractivity contribution in [3.8, 4) is 0 Å². The fourth-order valence-electron chi connectivity index (χ4n) is 1.97. The quantitative estimate of drug-likeness (QED) is 0.773. The Labute approximate surface area is 126 Å². The molecule has 1 aromatic carbocycles. The average Bonchev–Trinajstić information content (AvgIpc) is 2.81. The van der Waals surface area contributed by atoms with Crippen molar-refractivity contribution < 1.29 is 12.9 Å². The number of benzene rings is 1. The van der Waals surface area contributed by atoms with E-state index < -0.39 is 23.6 Å². The van der Waals surface area contributed by atoms with E-state index in [1.807, 2.05) is 11.6 Å². The van der Waals surface area contributed by atoms with Crippen LogP contribution in [0.5, 0.6) is 0 Å². The SMILES string of the molecule is C=C([C@H]1CN(CCC)P(Cl)O1)S(=O)(=O)c1ccccc1. The molecule has 1 saturated heterocycles. The van der Waals surface area contributed by atoms with Crippen molar-refractivity contribution in [1.82, 2.24) is 4.67 Å². The van der Waals surface area contributed by atoms with Gasteiger partial charge < -0.3 is 4.52 Å². The number of halogens is 1. The molecule has 2 atom stereocenters. The fraction of sp³-hybridized carbons (Fsp3) is 0.385. The van der Waals surface area contributed by atoms with E-state index in [1.165, 1.54) is 0 Å². The molecule has 0 saturated carbocycles. The summed E-state index contributed by atoms with van der Waals surface area (Å²) >= 11 is 6.12. The molecule has 0 radical (unpaired) electrons. The average molecular weight is 334 g/mol. The van der Waals surface area contributed by atoms with Crippen molar-refractivity contribution in [1.29, 1.82) is 0 Å². The molecule has 1 unspecified atom stereocenters. The molecule has 1 fully saturated rings. The minimum Gasteiger partial charge on any atom is -0.321 e. The van der Waals surface area contributed by atoms with E-state index in [4.69, 9.17) is 15.8 Å². The molecule has 0 N–H and O–H groups in total. The number of rotatable bonds is 5. The monoisotopic (exact) mass is 333 g/mol. The second-order valence-corrected chi connectivity index (χ2v) is 8.61. The molecular weight excluding hydrogens is 317 g/mol. The normalized spacial score (nSPS) is 23.9. The van der Waals surface area contributed by atoms with Crippen LogP contribution in [0.4, 0.5) is 0 Å². The van der Waals surface area contributed by atoms with E-state index in [0.717, 1.165) is 13.0 Å². The van der Waals surface area contributed by atoms with Gasteiger partial charge in [0.15, 0.2) is 0 Å². The van der Waals surface area contributed by atoms with Crippen LogP contribution >= 0.6 is 18.9 Å². The van der Waals surface area contributed by atoms with E-state index in [2.05, 4.69) is 6.58 Å². The van der Waals surface area contributed by atoms with Crippen molar-refractivity contribution in [2.45, 2.75) is 24.3 Å². The Bertz CT molecular complexity index is 579. The molecule has 0 bridgehead atoms. The summed E-state index contributed by atoms with van der Waals surface area (Å²) in [5.74, 6) is 0. The topological polar surface area (TPSA) is 46.6 Å². The summed E-state index contributed by atoms with van der Waals surface area (Å²) in [6, 6.07) is 8.27. The molecule has 0 aromatic heterocycles. The van der Waals surface area contributed by atoms with E-state index in [1.54, 1.807) is 30.3 Å². The van der Waals surface area contributed by atoms with Gasteiger partial charge in [-0.2, -0.15) is 0 Å². The third kappa shape index (κ3) is 3.23. The Balaban J connectivity index is 2.17. The Kier molecular flexibility index (Phi) is 5.21. The van der Waals surface area contributed by atoms with E-state index in [9.17, 15) is 8.42 Å². The first-order valence-electron chi connectivity index (χ1n) is 6.33. The molecule has 0 spiro atoms. The first-order chi connectivity index (χ1) is 9.46. The minimum absolute atomic E-state index is 0.0791. The van der Waals surface area contributed by atoms with Gasteiger partial charge in [0.25, 0.3) is 0 Å². The molecule has 7 heteroatoms. The van der Waals surface area contributed by atoms with Gasteiger partial charge in [0.2, 0.25) is 17.5 Å². The molecule has 2 rings (SSSR count). The molecule has 4 nitrogen and oxygen atoms in total. The van der Waals surface area contributed by atoms with Crippen LogP contribution in [-0.4, -0.2) is 32.3 Å². The lowest BCUT2D eigenvalue weighted by Gasteiger charge is -2.14. The highest BCUT2D eigenvalue weighted by Crippen LogP contribution is 2.54. The van der Waals surface area contributed by atoms with E-state index in [0.29, 0.717) is 6.54 Å². The smallest absolute Gasteiger partial charge is 0.207 e. The van der Waals surface area contributed by atoms with Crippen molar-refractivity contribution in [2.24, 2.45) is 0 Å². The molecule has 1 heterocycles. The van der Waals surface area contributed by atoms with Gasteiger partial charge in [-0.25, -0.2) is 13.1 Å². The summed E-state index contributed by atoms with van der Waals surface area (Å²) in [5.41, 5.74) is 0. The maximum Gasteiger partial charge on any atom is 0.207 e. The van der Waals surface area contributed by atoms with Gasteiger partial charge in [0.1, 0.15) is 6.10 Å². The van der Waals surface area contributed by atoms with Crippen LogP contribution in [0.25, 0.3) is 0 Å². The van der Waals surface area contributed by atoms with E-state index >= 15 is 0 Å². The van der Waals surface area contributed by atoms with Gasteiger partial charge in [-0.15, -0.1) is 0 Å². The first kappa shape index (κ1) is 15.9. The van der Waals surface area contributed by atoms with Crippen LogP contribution in [0.3, 0.4) is 0 Å². The highest BCUT2D eigenvalue weighted by Gasteiger charge is 2.38. The second-order valence-electron chi connectivity index (χ2n) is 4.52. The lowest BCUT2D eigenvalue weighted by Crippen LogP contribution is -2.24. The maximum absolute atomic E-state index is 12.5. The number of nitrogens with zero attached hydrogens (tertiary/aromatic N) is 1. The van der Waals surface area contributed by atoms with Crippen LogP contribution < -0.4 is 0 Å².